The van der Waals surface area contributed by atoms with Crippen molar-refractivity contribution in [3.63, 3.8) is 0 Å². The maximum Gasteiger partial charge on any atom is 0.268 e. The molecule has 7 nitrogen and oxygen atoms in total. The predicted molar refractivity (Wildman–Crippen MR) is 134 cm³/mol. The molecule has 0 spiro atoms. The monoisotopic (exact) mass is 471 g/mol. The lowest BCUT2D eigenvalue weighted by molar-refractivity contribution is 0.0994. The van der Waals surface area contributed by atoms with E-state index in [0.717, 1.165) is 28.4 Å². The van der Waals surface area contributed by atoms with E-state index >= 15 is 0 Å². The van der Waals surface area contributed by atoms with Gasteiger partial charge < -0.3 is 24.9 Å². The van der Waals surface area contributed by atoms with E-state index in [-0.39, 0.29) is 11.7 Å². The summed E-state index contributed by atoms with van der Waals surface area (Å²) in [5.41, 5.74) is 7.56. The molecule has 3 N–H and O–H groups in total. The summed E-state index contributed by atoms with van der Waals surface area (Å²) in [7, 11) is 0. The Bertz CT molecular complexity index is 1240. The quantitative estimate of drug-likeness (QED) is 0.324. The van der Waals surface area contributed by atoms with E-state index in [1.54, 1.807) is 17.7 Å². The van der Waals surface area contributed by atoms with Crippen LogP contribution >= 0.6 is 0 Å². The van der Waals surface area contributed by atoms with E-state index in [4.69, 9.17) is 15.2 Å². The minimum Gasteiger partial charge on any atom is -0.489 e. The maximum absolute atomic E-state index is 11.4. The number of carbonyl (C=O) groups is 1. The summed E-state index contributed by atoms with van der Waals surface area (Å²) < 4.78 is 13.7. The number of nitrogens with two attached hydrogens (primary N) is 1. The molecular formula is C28H29N3O4. The average Bonchev–Trinajstić information content (AvgIpc) is 3.35. The molecule has 0 bridgehead atoms. The molecule has 4 aromatic rings. The molecule has 0 radical (unpaired) electrons. The molecule has 4 rings (SSSR count). The number of aryl methyl sites for hydroxylation is 1. The third-order valence-electron chi connectivity index (χ3n) is 5.77. The minimum absolute atomic E-state index is 0.180. The molecule has 0 saturated heterocycles. The highest BCUT2D eigenvalue weighted by atomic mass is 16.5. The summed E-state index contributed by atoms with van der Waals surface area (Å²) >= 11 is 0. The van der Waals surface area contributed by atoms with Crippen LogP contribution in [0.2, 0.25) is 0 Å². The topological polar surface area (TPSA) is 99.6 Å². The van der Waals surface area contributed by atoms with Crippen molar-refractivity contribution in [3.05, 3.63) is 108 Å². The number of hydrogen-bond donors (Lipinski definition) is 2. The number of aliphatic hydroxyl groups is 1. The minimum atomic E-state index is -0.630. The van der Waals surface area contributed by atoms with Crippen molar-refractivity contribution < 1.29 is 19.4 Å². The number of imidazole rings is 1. The lowest BCUT2D eigenvalue weighted by Gasteiger charge is -2.22. The molecule has 3 aromatic carbocycles. The van der Waals surface area contributed by atoms with Gasteiger partial charge in [-0.2, -0.15) is 0 Å². The van der Waals surface area contributed by atoms with E-state index < -0.39 is 12.0 Å². The first-order valence-corrected chi connectivity index (χ1v) is 11.5. The summed E-state index contributed by atoms with van der Waals surface area (Å²) in [6.45, 7) is 2.15. The highest BCUT2D eigenvalue weighted by Gasteiger charge is 2.19. The Balaban J connectivity index is 1.37. The van der Waals surface area contributed by atoms with Crippen LogP contribution in [0.25, 0.3) is 0 Å². The Kier molecular flexibility index (Phi) is 7.80. The normalized spacial score (nSPS) is 12.6. The van der Waals surface area contributed by atoms with E-state index in [9.17, 15) is 9.90 Å². The second kappa shape index (κ2) is 11.4. The zero-order valence-corrected chi connectivity index (χ0v) is 19.6. The number of hydrogen-bond acceptors (Lipinski definition) is 5. The van der Waals surface area contributed by atoms with Crippen LogP contribution < -0.4 is 15.2 Å². The van der Waals surface area contributed by atoms with Crippen molar-refractivity contribution in [1.82, 2.24) is 9.55 Å². The Hall–Kier alpha value is -4.10. The molecule has 1 heterocycles. The number of benzene rings is 3. The maximum atomic E-state index is 11.4. The second-order valence-electron chi connectivity index (χ2n) is 8.37. The van der Waals surface area contributed by atoms with Crippen molar-refractivity contribution in [1.29, 1.82) is 0 Å². The molecule has 1 aromatic heterocycles. The van der Waals surface area contributed by atoms with Gasteiger partial charge in [0.15, 0.2) is 0 Å². The van der Waals surface area contributed by atoms with Gasteiger partial charge in [0.1, 0.15) is 29.5 Å². The van der Waals surface area contributed by atoms with Gasteiger partial charge in [0.25, 0.3) is 5.91 Å². The molecule has 2 atom stereocenters. The lowest BCUT2D eigenvalue weighted by atomic mass is 10.0. The fraction of sp³-hybridized carbons (Fsp3) is 0.214. The number of primary amides is 1. The van der Waals surface area contributed by atoms with Crippen molar-refractivity contribution in [2.45, 2.75) is 38.5 Å². The van der Waals surface area contributed by atoms with E-state index in [1.807, 2.05) is 78.9 Å². The largest absolute Gasteiger partial charge is 0.489 e. The van der Waals surface area contributed by atoms with Crippen molar-refractivity contribution in [2.24, 2.45) is 5.73 Å². The van der Waals surface area contributed by atoms with Gasteiger partial charge in [-0.3, -0.25) is 4.79 Å². The highest BCUT2D eigenvalue weighted by Crippen LogP contribution is 2.26. The Morgan fingerprint density at radius 3 is 2.37 bits per heavy atom. The molecular weight excluding hydrogens is 442 g/mol. The number of aromatic nitrogens is 2. The molecule has 7 heteroatoms. The smallest absolute Gasteiger partial charge is 0.268 e. The molecule has 0 aliphatic heterocycles. The molecule has 180 valence electrons. The van der Waals surface area contributed by atoms with Gasteiger partial charge in [0, 0.05) is 6.20 Å². The molecule has 0 aliphatic carbocycles. The van der Waals surface area contributed by atoms with Gasteiger partial charge in [-0.05, 0) is 61.2 Å². The third-order valence-corrected chi connectivity index (χ3v) is 5.77. The van der Waals surface area contributed by atoms with Crippen LogP contribution in [0.15, 0.2) is 91.4 Å². The summed E-state index contributed by atoms with van der Waals surface area (Å²) in [6.07, 6.45) is 3.80. The molecule has 1 amide bonds. The number of aliphatic hydroxyl groups excluding tert-OH is 1. The molecule has 0 saturated carbocycles. The third kappa shape index (κ3) is 6.49. The Morgan fingerprint density at radius 2 is 1.69 bits per heavy atom. The first-order valence-electron chi connectivity index (χ1n) is 11.5. The summed E-state index contributed by atoms with van der Waals surface area (Å²) in [5.74, 6) is 1.77. The van der Waals surface area contributed by atoms with Crippen molar-refractivity contribution in [2.75, 3.05) is 0 Å². The standard InChI is InChI=1S/C28H29N3O4/c1-20(32)26(31-17-25(28(29)33)30-19-31)16-13-22-7-5-6-10-27(22)34-18-21-11-14-24(15-12-21)35-23-8-3-2-4-9-23/h2-12,14-15,17,19-20,26,32H,13,16,18H2,1H3,(H2,29,33). The fourth-order valence-electron chi connectivity index (χ4n) is 3.88. The first kappa shape index (κ1) is 24.0. The van der Waals surface area contributed by atoms with Gasteiger partial charge in [0.2, 0.25) is 0 Å². The summed E-state index contributed by atoms with van der Waals surface area (Å²) in [4.78, 5) is 15.4. The van der Waals surface area contributed by atoms with Crippen molar-refractivity contribution in [3.8, 4) is 17.2 Å². The molecule has 2 unspecified atom stereocenters. The Morgan fingerprint density at radius 1 is 1.00 bits per heavy atom. The zero-order chi connectivity index (χ0) is 24.6. The highest BCUT2D eigenvalue weighted by molar-refractivity contribution is 5.90. The number of rotatable bonds is 11. The lowest BCUT2D eigenvalue weighted by Crippen LogP contribution is -2.21. The van der Waals surface area contributed by atoms with Crippen molar-refractivity contribution >= 4 is 5.91 Å². The van der Waals surface area contributed by atoms with Gasteiger partial charge in [-0.1, -0.05) is 48.5 Å². The number of ether oxygens (including phenoxy) is 2. The van der Waals surface area contributed by atoms with Crippen LogP contribution in [0.4, 0.5) is 0 Å². The molecule has 0 fully saturated rings. The van der Waals surface area contributed by atoms with E-state index in [1.165, 1.54) is 6.33 Å². The molecule has 0 aliphatic rings. The SMILES string of the molecule is CC(O)C(CCc1ccccc1OCc1ccc(Oc2ccccc2)cc1)n1cnc(C(N)=O)c1. The van der Waals surface area contributed by atoms with E-state index in [0.29, 0.717) is 19.4 Å². The first-order chi connectivity index (χ1) is 17.0. The average molecular weight is 472 g/mol. The van der Waals surface area contributed by atoms with Gasteiger partial charge in [-0.25, -0.2) is 4.98 Å². The van der Waals surface area contributed by atoms with Gasteiger partial charge >= 0.3 is 0 Å². The Labute approximate surface area is 204 Å². The summed E-state index contributed by atoms with van der Waals surface area (Å²) in [6, 6.07) is 25.1. The number of nitrogens with zero attached hydrogens (tertiary/aromatic N) is 2. The number of para-hydroxylation sites is 2. The van der Waals surface area contributed by atoms with Crippen LogP contribution in [0.1, 0.15) is 41.0 Å². The van der Waals surface area contributed by atoms with Crippen LogP contribution in [-0.4, -0.2) is 26.7 Å². The second-order valence-corrected chi connectivity index (χ2v) is 8.37. The molecule has 35 heavy (non-hydrogen) atoms. The van der Waals surface area contributed by atoms with Crippen LogP contribution in [0.5, 0.6) is 17.2 Å². The van der Waals surface area contributed by atoms with Gasteiger partial charge in [0.05, 0.1) is 18.5 Å². The number of amides is 1. The predicted octanol–water partition coefficient (Wildman–Crippen LogP) is 4.91. The summed E-state index contributed by atoms with van der Waals surface area (Å²) in [5, 5.41) is 10.3. The van der Waals surface area contributed by atoms with Crippen LogP contribution in [0.3, 0.4) is 0 Å². The fourth-order valence-corrected chi connectivity index (χ4v) is 3.88. The number of carbonyl (C=O) groups excluding carboxylic acids is 1. The van der Waals surface area contributed by atoms with Crippen LogP contribution in [-0.2, 0) is 13.0 Å². The van der Waals surface area contributed by atoms with E-state index in [2.05, 4.69) is 4.98 Å². The van der Waals surface area contributed by atoms with Gasteiger partial charge in [-0.15, -0.1) is 0 Å². The van der Waals surface area contributed by atoms with Crippen LogP contribution in [0, 0.1) is 0 Å². The zero-order valence-electron chi connectivity index (χ0n) is 19.6.